The highest BCUT2D eigenvalue weighted by atomic mass is 35.5. The lowest BCUT2D eigenvalue weighted by molar-refractivity contribution is -0.120. The highest BCUT2D eigenvalue weighted by Crippen LogP contribution is 2.18. The van der Waals surface area contributed by atoms with Crippen LogP contribution < -0.4 is 10.2 Å². The minimum Gasteiger partial charge on any atom is -0.322 e. The molecule has 114 valence electrons. The molecule has 2 amide bonds. The fraction of sp³-hybridized carbons (Fsp3) is 0.125. The molecule has 0 saturated carbocycles. The van der Waals surface area contributed by atoms with E-state index >= 15 is 0 Å². The number of benzene rings is 2. The number of hydrogen-bond acceptors (Lipinski definition) is 2. The second-order valence-corrected chi connectivity index (χ2v) is 5.05. The van der Waals surface area contributed by atoms with Crippen LogP contribution in [-0.4, -0.2) is 18.4 Å². The van der Waals surface area contributed by atoms with E-state index in [0.29, 0.717) is 10.7 Å². The summed E-state index contributed by atoms with van der Waals surface area (Å²) in [6, 6.07) is 12.4. The highest BCUT2D eigenvalue weighted by molar-refractivity contribution is 6.30. The number of hydrogen-bond donors (Lipinski definition) is 1. The Balaban J connectivity index is 2.11. The van der Waals surface area contributed by atoms with Gasteiger partial charge in [-0.15, -0.1) is 0 Å². The van der Waals surface area contributed by atoms with Crippen molar-refractivity contribution in [1.82, 2.24) is 0 Å². The van der Waals surface area contributed by atoms with Gasteiger partial charge in [0, 0.05) is 17.6 Å². The molecule has 0 bridgehead atoms. The first-order valence-corrected chi connectivity index (χ1v) is 6.93. The smallest absolute Gasteiger partial charge is 0.244 e. The fourth-order valence-corrected chi connectivity index (χ4v) is 2.03. The molecule has 6 heteroatoms. The van der Waals surface area contributed by atoms with Crippen LogP contribution in [0.3, 0.4) is 0 Å². The minimum absolute atomic E-state index is 0.0760. The van der Waals surface area contributed by atoms with Crippen molar-refractivity contribution in [3.63, 3.8) is 0 Å². The quantitative estimate of drug-likeness (QED) is 0.937. The first-order valence-electron chi connectivity index (χ1n) is 6.55. The number of carbonyl (C=O) groups excluding carboxylic acids is 2. The van der Waals surface area contributed by atoms with E-state index in [1.165, 1.54) is 30.0 Å². The van der Waals surface area contributed by atoms with Crippen molar-refractivity contribution in [3.05, 3.63) is 59.4 Å². The van der Waals surface area contributed by atoms with Gasteiger partial charge in [-0.3, -0.25) is 9.59 Å². The average Bonchev–Trinajstić information content (AvgIpc) is 2.48. The van der Waals surface area contributed by atoms with Gasteiger partial charge in [0.1, 0.15) is 12.4 Å². The van der Waals surface area contributed by atoms with Crippen LogP contribution in [0.4, 0.5) is 15.8 Å². The zero-order chi connectivity index (χ0) is 16.1. The maximum atomic E-state index is 13.5. The van der Waals surface area contributed by atoms with Gasteiger partial charge >= 0.3 is 0 Å². The summed E-state index contributed by atoms with van der Waals surface area (Å²) in [6.45, 7) is 1.14. The van der Waals surface area contributed by atoms with Gasteiger partial charge in [0.15, 0.2) is 0 Å². The van der Waals surface area contributed by atoms with E-state index in [0.717, 1.165) is 0 Å². The Hall–Kier alpha value is -2.40. The van der Waals surface area contributed by atoms with E-state index in [4.69, 9.17) is 11.6 Å². The number of nitrogens with zero attached hydrogens (tertiary/aromatic N) is 1. The summed E-state index contributed by atoms with van der Waals surface area (Å²) < 4.78 is 13.5. The summed E-state index contributed by atoms with van der Waals surface area (Å²) in [4.78, 5) is 25.0. The van der Waals surface area contributed by atoms with Gasteiger partial charge in [-0.05, 0) is 36.4 Å². The van der Waals surface area contributed by atoms with E-state index in [1.54, 1.807) is 30.3 Å². The zero-order valence-electron chi connectivity index (χ0n) is 11.8. The van der Waals surface area contributed by atoms with Crippen molar-refractivity contribution >= 4 is 34.8 Å². The Labute approximate surface area is 132 Å². The van der Waals surface area contributed by atoms with Gasteiger partial charge in [-0.2, -0.15) is 0 Å². The van der Waals surface area contributed by atoms with E-state index in [9.17, 15) is 14.0 Å². The molecule has 0 aromatic heterocycles. The number of anilines is 2. The van der Waals surface area contributed by atoms with Crippen LogP contribution in [0.1, 0.15) is 6.92 Å². The van der Waals surface area contributed by atoms with Gasteiger partial charge in [-0.25, -0.2) is 4.39 Å². The molecule has 0 spiro atoms. The molecular weight excluding hydrogens is 307 g/mol. The maximum Gasteiger partial charge on any atom is 0.244 e. The SMILES string of the molecule is CC(=O)N(CC(=O)Nc1ccccc1F)c1ccc(Cl)cc1. The van der Waals surface area contributed by atoms with Crippen molar-refractivity contribution in [2.75, 3.05) is 16.8 Å². The van der Waals surface area contributed by atoms with Crippen molar-refractivity contribution in [1.29, 1.82) is 0 Å². The van der Waals surface area contributed by atoms with Gasteiger partial charge in [0.05, 0.1) is 5.69 Å². The summed E-state index contributed by atoms with van der Waals surface area (Å²) in [5, 5.41) is 2.97. The molecule has 2 aromatic rings. The molecule has 0 radical (unpaired) electrons. The lowest BCUT2D eigenvalue weighted by Crippen LogP contribution is -2.36. The molecular formula is C16H14ClFN2O2. The van der Waals surface area contributed by atoms with Crippen molar-refractivity contribution < 1.29 is 14.0 Å². The molecule has 0 atom stereocenters. The highest BCUT2D eigenvalue weighted by Gasteiger charge is 2.16. The summed E-state index contributed by atoms with van der Waals surface area (Å²) in [7, 11) is 0. The lowest BCUT2D eigenvalue weighted by atomic mass is 10.2. The van der Waals surface area contributed by atoms with Crippen LogP contribution in [0.25, 0.3) is 0 Å². The molecule has 2 rings (SSSR count). The summed E-state index contributed by atoms with van der Waals surface area (Å²) >= 11 is 5.80. The van der Waals surface area contributed by atoms with Crippen molar-refractivity contribution in [3.8, 4) is 0 Å². The third kappa shape index (κ3) is 4.05. The summed E-state index contributed by atoms with van der Waals surface area (Å²) in [6.07, 6.45) is 0. The van der Waals surface area contributed by atoms with E-state index in [1.807, 2.05) is 0 Å². The predicted octanol–water partition coefficient (Wildman–Crippen LogP) is 3.47. The van der Waals surface area contributed by atoms with Crippen LogP contribution in [0, 0.1) is 5.82 Å². The van der Waals surface area contributed by atoms with Crippen molar-refractivity contribution in [2.24, 2.45) is 0 Å². The number of rotatable bonds is 4. The van der Waals surface area contributed by atoms with Crippen LogP contribution in [0.5, 0.6) is 0 Å². The Kier molecular flexibility index (Phi) is 5.12. The number of carbonyl (C=O) groups is 2. The van der Waals surface area contributed by atoms with Crippen LogP contribution >= 0.6 is 11.6 Å². The molecule has 0 aliphatic carbocycles. The largest absolute Gasteiger partial charge is 0.322 e. The lowest BCUT2D eigenvalue weighted by Gasteiger charge is -2.20. The Morgan fingerprint density at radius 1 is 1.14 bits per heavy atom. The molecule has 1 N–H and O–H groups in total. The number of para-hydroxylation sites is 1. The molecule has 0 aliphatic rings. The number of halogens is 2. The van der Waals surface area contributed by atoms with E-state index < -0.39 is 11.7 Å². The van der Waals surface area contributed by atoms with E-state index in [2.05, 4.69) is 5.32 Å². The van der Waals surface area contributed by atoms with Gasteiger partial charge in [-0.1, -0.05) is 23.7 Å². The first kappa shape index (κ1) is 16.0. The van der Waals surface area contributed by atoms with Crippen LogP contribution in [-0.2, 0) is 9.59 Å². The van der Waals surface area contributed by atoms with E-state index in [-0.39, 0.29) is 18.1 Å². The topological polar surface area (TPSA) is 49.4 Å². The molecule has 0 aliphatic heterocycles. The molecule has 0 heterocycles. The second kappa shape index (κ2) is 7.04. The molecule has 0 unspecified atom stereocenters. The molecule has 4 nitrogen and oxygen atoms in total. The molecule has 2 aromatic carbocycles. The zero-order valence-corrected chi connectivity index (χ0v) is 12.6. The third-order valence-corrected chi connectivity index (χ3v) is 3.22. The standard InChI is InChI=1S/C16H14ClFN2O2/c1-11(21)20(13-8-6-12(17)7-9-13)10-16(22)19-15-5-3-2-4-14(15)18/h2-9H,10H2,1H3,(H,19,22). The summed E-state index contributed by atoms with van der Waals surface area (Å²) in [5.74, 6) is -1.32. The normalized spacial score (nSPS) is 10.1. The Morgan fingerprint density at radius 2 is 1.77 bits per heavy atom. The molecule has 0 fully saturated rings. The third-order valence-electron chi connectivity index (χ3n) is 2.97. The molecule has 0 saturated heterocycles. The average molecular weight is 321 g/mol. The second-order valence-electron chi connectivity index (χ2n) is 4.61. The predicted molar refractivity (Wildman–Crippen MR) is 84.5 cm³/mol. The fourth-order valence-electron chi connectivity index (χ4n) is 1.90. The van der Waals surface area contributed by atoms with Crippen molar-refractivity contribution in [2.45, 2.75) is 6.92 Å². The summed E-state index contributed by atoms with van der Waals surface area (Å²) in [5.41, 5.74) is 0.618. The maximum absolute atomic E-state index is 13.5. The van der Waals surface area contributed by atoms with Gasteiger partial charge in [0.25, 0.3) is 0 Å². The van der Waals surface area contributed by atoms with Crippen LogP contribution in [0.2, 0.25) is 5.02 Å². The van der Waals surface area contributed by atoms with Crippen LogP contribution in [0.15, 0.2) is 48.5 Å². The minimum atomic E-state index is -0.531. The van der Waals surface area contributed by atoms with Gasteiger partial charge < -0.3 is 10.2 Å². The Bertz CT molecular complexity index is 689. The van der Waals surface area contributed by atoms with Gasteiger partial charge in [0.2, 0.25) is 11.8 Å². The molecule has 22 heavy (non-hydrogen) atoms. The number of amides is 2. The Morgan fingerprint density at radius 3 is 2.36 bits per heavy atom. The number of nitrogens with one attached hydrogen (secondary N) is 1. The monoisotopic (exact) mass is 320 g/mol. The first-order chi connectivity index (χ1) is 10.5.